The van der Waals surface area contributed by atoms with Crippen molar-refractivity contribution >= 4 is 21.6 Å². The van der Waals surface area contributed by atoms with Gasteiger partial charge < -0.3 is 11.1 Å². The van der Waals surface area contributed by atoms with Gasteiger partial charge in [-0.3, -0.25) is 14.9 Å². The molecule has 0 saturated carbocycles. The molecule has 1 amide bonds. The lowest BCUT2D eigenvalue weighted by Crippen LogP contribution is -2.44. The van der Waals surface area contributed by atoms with Gasteiger partial charge in [-0.15, -0.1) is 0 Å². The van der Waals surface area contributed by atoms with E-state index in [1.54, 1.807) is 0 Å². The van der Waals surface area contributed by atoms with Crippen molar-refractivity contribution < 1.29 is 18.1 Å². The summed E-state index contributed by atoms with van der Waals surface area (Å²) in [6, 6.07) is 4.39. The summed E-state index contributed by atoms with van der Waals surface area (Å²) in [5.74, 6) is -0.100. The lowest BCUT2D eigenvalue weighted by atomic mass is 10.0. The predicted octanol–water partition coefficient (Wildman–Crippen LogP) is 0.363. The monoisotopic (exact) mass is 358 g/mol. The number of sulfonamides is 1. The van der Waals surface area contributed by atoms with E-state index in [-0.39, 0.29) is 24.9 Å². The third-order valence-electron chi connectivity index (χ3n) is 3.13. The highest BCUT2D eigenvalue weighted by molar-refractivity contribution is 7.89. The first-order chi connectivity index (χ1) is 11.1. The van der Waals surface area contributed by atoms with Gasteiger partial charge in [0.05, 0.1) is 11.0 Å². The van der Waals surface area contributed by atoms with Crippen LogP contribution in [0.4, 0.5) is 5.69 Å². The number of nitrogens with two attached hydrogens (primary N) is 1. The molecule has 0 aromatic heterocycles. The molecule has 9 nitrogen and oxygen atoms in total. The molecule has 0 saturated heterocycles. The van der Waals surface area contributed by atoms with Gasteiger partial charge in [0, 0.05) is 19.2 Å². The molecule has 0 unspecified atom stereocenters. The number of carbonyl (C=O) groups excluding carboxylic acids is 1. The van der Waals surface area contributed by atoms with E-state index >= 15 is 0 Å². The fourth-order valence-electron chi connectivity index (χ4n) is 2.03. The minimum atomic E-state index is -4.05. The average Bonchev–Trinajstić information content (AvgIpc) is 2.50. The first-order valence-corrected chi connectivity index (χ1v) is 8.90. The summed E-state index contributed by atoms with van der Waals surface area (Å²) in [6.45, 7) is 3.81. The van der Waals surface area contributed by atoms with Crippen LogP contribution in [-0.2, 0) is 14.8 Å². The molecule has 0 bridgehead atoms. The number of benzene rings is 1. The Morgan fingerprint density at radius 3 is 2.50 bits per heavy atom. The second kappa shape index (κ2) is 8.71. The van der Waals surface area contributed by atoms with Crippen LogP contribution in [0.5, 0.6) is 0 Å². The lowest BCUT2D eigenvalue weighted by Gasteiger charge is -2.14. The minimum Gasteiger partial charge on any atom is -0.353 e. The van der Waals surface area contributed by atoms with E-state index in [1.165, 1.54) is 12.1 Å². The van der Waals surface area contributed by atoms with Gasteiger partial charge in [-0.2, -0.15) is 0 Å². The van der Waals surface area contributed by atoms with E-state index < -0.39 is 31.6 Å². The van der Waals surface area contributed by atoms with Crippen molar-refractivity contribution in [3.8, 4) is 0 Å². The molecular formula is C14H22N4O5S. The number of nitrogens with zero attached hydrogens (tertiary/aromatic N) is 1. The van der Waals surface area contributed by atoms with Crippen LogP contribution in [-0.4, -0.2) is 38.4 Å². The van der Waals surface area contributed by atoms with Crippen LogP contribution in [0.2, 0.25) is 0 Å². The largest absolute Gasteiger partial charge is 0.353 e. The van der Waals surface area contributed by atoms with Crippen LogP contribution in [0.1, 0.15) is 20.3 Å². The van der Waals surface area contributed by atoms with Gasteiger partial charge in [-0.1, -0.05) is 26.0 Å². The predicted molar refractivity (Wildman–Crippen MR) is 88.7 cm³/mol. The van der Waals surface area contributed by atoms with E-state index in [2.05, 4.69) is 10.0 Å². The molecule has 10 heteroatoms. The molecule has 0 spiro atoms. The van der Waals surface area contributed by atoms with Gasteiger partial charge in [0.1, 0.15) is 0 Å². The van der Waals surface area contributed by atoms with Crippen LogP contribution in [0.3, 0.4) is 0 Å². The zero-order valence-corrected chi connectivity index (χ0v) is 14.4. The number of nitro groups is 1. The zero-order valence-electron chi connectivity index (χ0n) is 13.6. The van der Waals surface area contributed by atoms with Crippen molar-refractivity contribution in [3.05, 3.63) is 34.4 Å². The number of para-hydroxylation sites is 1. The molecule has 0 aliphatic rings. The molecule has 0 fully saturated rings. The molecule has 1 atom stereocenters. The van der Waals surface area contributed by atoms with Gasteiger partial charge >= 0.3 is 0 Å². The quantitative estimate of drug-likeness (QED) is 0.330. The van der Waals surface area contributed by atoms with Crippen LogP contribution in [0.25, 0.3) is 0 Å². The number of hydrogen-bond acceptors (Lipinski definition) is 6. The second-order valence-corrected chi connectivity index (χ2v) is 7.39. The first kappa shape index (κ1) is 20.0. The Hall–Kier alpha value is -2.04. The molecule has 4 N–H and O–H groups in total. The smallest absolute Gasteiger partial charge is 0.289 e. The molecule has 24 heavy (non-hydrogen) atoms. The molecule has 1 rings (SSSR count). The standard InChI is InChI=1S/C14H22N4O5S/c1-10(2)9-11(15)14(19)16-7-8-17-24(22,23)13-6-4-3-5-12(13)18(20)21/h3-6,10-11,17H,7-9,15H2,1-2H3,(H,16,19)/t11-/m0/s1. The topological polar surface area (TPSA) is 144 Å². The van der Waals surface area contributed by atoms with Gasteiger partial charge in [-0.05, 0) is 18.4 Å². The normalized spacial score (nSPS) is 12.8. The maximum atomic E-state index is 12.1. The third-order valence-corrected chi connectivity index (χ3v) is 4.64. The molecule has 0 heterocycles. The molecule has 0 aliphatic heterocycles. The van der Waals surface area contributed by atoms with Crippen molar-refractivity contribution in [2.45, 2.75) is 31.2 Å². The molecule has 1 aromatic carbocycles. The van der Waals surface area contributed by atoms with E-state index in [4.69, 9.17) is 5.73 Å². The summed E-state index contributed by atoms with van der Waals surface area (Å²) >= 11 is 0. The first-order valence-electron chi connectivity index (χ1n) is 7.41. The number of nitro benzene ring substituents is 1. The summed E-state index contributed by atoms with van der Waals surface area (Å²) in [5.41, 5.74) is 5.20. The number of amides is 1. The van der Waals surface area contributed by atoms with Crippen molar-refractivity contribution in [3.63, 3.8) is 0 Å². The summed E-state index contributed by atoms with van der Waals surface area (Å²) in [4.78, 5) is 21.4. The molecule has 134 valence electrons. The van der Waals surface area contributed by atoms with E-state index in [0.29, 0.717) is 6.42 Å². The number of rotatable bonds is 9. The second-order valence-electron chi connectivity index (χ2n) is 5.65. The Kier molecular flexibility index (Phi) is 7.26. The van der Waals surface area contributed by atoms with E-state index in [1.807, 2.05) is 13.8 Å². The molecule has 0 radical (unpaired) electrons. The minimum absolute atomic E-state index is 0.0322. The van der Waals surface area contributed by atoms with Gasteiger partial charge in [0.2, 0.25) is 15.9 Å². The van der Waals surface area contributed by atoms with E-state index in [0.717, 1.165) is 12.1 Å². The van der Waals surface area contributed by atoms with Gasteiger partial charge in [0.25, 0.3) is 5.69 Å². The Bertz CT molecular complexity index is 690. The van der Waals surface area contributed by atoms with Crippen LogP contribution < -0.4 is 15.8 Å². The maximum Gasteiger partial charge on any atom is 0.289 e. The Morgan fingerprint density at radius 1 is 1.29 bits per heavy atom. The molecular weight excluding hydrogens is 336 g/mol. The number of carbonyl (C=O) groups is 1. The summed E-state index contributed by atoms with van der Waals surface area (Å²) in [6.07, 6.45) is 0.522. The van der Waals surface area contributed by atoms with Crippen molar-refractivity contribution in [2.24, 2.45) is 11.7 Å². The fourth-order valence-corrected chi connectivity index (χ4v) is 3.23. The molecule has 1 aromatic rings. The van der Waals surface area contributed by atoms with E-state index in [9.17, 15) is 23.3 Å². The Labute approximate surface area is 140 Å². The van der Waals surface area contributed by atoms with Crippen LogP contribution in [0.15, 0.2) is 29.2 Å². The lowest BCUT2D eigenvalue weighted by molar-refractivity contribution is -0.387. The Balaban J connectivity index is 2.59. The number of nitrogens with one attached hydrogen (secondary N) is 2. The summed E-state index contributed by atoms with van der Waals surface area (Å²) < 4.78 is 26.5. The maximum absolute atomic E-state index is 12.1. The van der Waals surface area contributed by atoms with Gasteiger partial charge in [0.15, 0.2) is 4.90 Å². The third kappa shape index (κ3) is 5.87. The zero-order chi connectivity index (χ0) is 18.3. The van der Waals surface area contributed by atoms with Crippen molar-refractivity contribution in [2.75, 3.05) is 13.1 Å². The van der Waals surface area contributed by atoms with Gasteiger partial charge in [-0.25, -0.2) is 13.1 Å². The fraction of sp³-hybridized carbons (Fsp3) is 0.500. The van der Waals surface area contributed by atoms with Crippen LogP contribution >= 0.6 is 0 Å². The SMILES string of the molecule is CC(C)C[C@H](N)C(=O)NCCNS(=O)(=O)c1ccccc1[N+](=O)[O-]. The highest BCUT2D eigenvalue weighted by Crippen LogP contribution is 2.22. The highest BCUT2D eigenvalue weighted by atomic mass is 32.2. The molecule has 0 aliphatic carbocycles. The highest BCUT2D eigenvalue weighted by Gasteiger charge is 2.24. The van der Waals surface area contributed by atoms with Crippen molar-refractivity contribution in [1.29, 1.82) is 0 Å². The summed E-state index contributed by atoms with van der Waals surface area (Å²) in [7, 11) is -4.05. The van der Waals surface area contributed by atoms with Crippen LogP contribution in [0, 0.1) is 16.0 Å². The summed E-state index contributed by atoms with van der Waals surface area (Å²) in [5, 5.41) is 13.4. The Morgan fingerprint density at radius 2 is 1.92 bits per heavy atom. The number of hydrogen-bond donors (Lipinski definition) is 3. The van der Waals surface area contributed by atoms with Crippen molar-refractivity contribution in [1.82, 2.24) is 10.0 Å². The average molecular weight is 358 g/mol.